The van der Waals surface area contributed by atoms with Crippen molar-refractivity contribution in [3.05, 3.63) is 41.2 Å². The Bertz CT molecular complexity index is 763. The minimum atomic E-state index is -0.840. The fourth-order valence-corrected chi connectivity index (χ4v) is 3.46. The molecule has 0 saturated carbocycles. The maximum atomic E-state index is 12.0. The second-order valence-corrected chi connectivity index (χ2v) is 7.27. The lowest BCUT2D eigenvalue weighted by Gasteiger charge is -2.24. The Balaban J connectivity index is 2.15. The summed E-state index contributed by atoms with van der Waals surface area (Å²) in [5.41, 5.74) is 6.99. The largest absolute Gasteiger partial charge is 0.481 e. The predicted octanol–water partition coefficient (Wildman–Crippen LogP) is 2.06. The Morgan fingerprint density at radius 3 is 2.55 bits per heavy atom. The van der Waals surface area contributed by atoms with E-state index < -0.39 is 11.9 Å². The average molecular weight is 402 g/mol. The molecular weight excluding hydrogens is 372 g/mol. The summed E-state index contributed by atoms with van der Waals surface area (Å²) in [5.74, 6) is -1.44. The maximum Gasteiger partial charge on any atom is 0.307 e. The van der Waals surface area contributed by atoms with Gasteiger partial charge in [0.15, 0.2) is 5.82 Å². The van der Waals surface area contributed by atoms with Gasteiger partial charge in [0.25, 0.3) is 5.91 Å². The van der Waals surface area contributed by atoms with Crippen LogP contribution in [0.15, 0.2) is 24.3 Å². The second-order valence-electron chi connectivity index (χ2n) is 7.27. The molecule has 0 bridgehead atoms. The Hall–Kier alpha value is -2.81. The number of nitrogens with one attached hydrogen (secondary N) is 2. The van der Waals surface area contributed by atoms with Crippen molar-refractivity contribution in [2.45, 2.75) is 51.4 Å². The summed E-state index contributed by atoms with van der Waals surface area (Å²) in [6.07, 6.45) is 2.88. The monoisotopic (exact) mass is 402 g/mol. The number of H-pyrrole nitrogens is 1. The van der Waals surface area contributed by atoms with Crippen molar-refractivity contribution in [3.63, 3.8) is 0 Å². The molecule has 2 rings (SSSR count). The molecule has 0 saturated heterocycles. The summed E-state index contributed by atoms with van der Waals surface area (Å²) in [6.45, 7) is 4.89. The lowest BCUT2D eigenvalue weighted by atomic mass is 9.79. The third-order valence-corrected chi connectivity index (χ3v) is 5.14. The molecule has 1 aromatic carbocycles. The highest BCUT2D eigenvalue weighted by Gasteiger charge is 2.33. The third kappa shape index (κ3) is 6.35. The Kier molecular flexibility index (Phi) is 8.72. The number of aromatic amines is 1. The van der Waals surface area contributed by atoms with E-state index in [-0.39, 0.29) is 17.7 Å². The number of carbonyl (C=O) groups is 2. The normalized spacial score (nSPS) is 14.2. The van der Waals surface area contributed by atoms with Crippen LogP contribution in [0.1, 0.15) is 73.1 Å². The van der Waals surface area contributed by atoms with Crippen molar-refractivity contribution >= 4 is 11.9 Å². The second kappa shape index (κ2) is 11.3. The zero-order valence-corrected chi connectivity index (χ0v) is 17.0. The van der Waals surface area contributed by atoms with Gasteiger partial charge in [0.2, 0.25) is 0 Å². The Morgan fingerprint density at radius 1 is 1.28 bits per heavy atom. The number of tetrazole rings is 1. The number of rotatable bonds is 12. The summed E-state index contributed by atoms with van der Waals surface area (Å²) in [6, 6.07) is 7.34. The van der Waals surface area contributed by atoms with E-state index in [4.69, 9.17) is 5.73 Å². The molecule has 0 aliphatic carbocycles. The summed E-state index contributed by atoms with van der Waals surface area (Å²) in [4.78, 5) is 24.0. The lowest BCUT2D eigenvalue weighted by Crippen LogP contribution is -2.28. The number of hydrogen-bond acceptors (Lipinski definition) is 6. The SMILES string of the molecule is CCCCC(C(=O)O)C(CC(C)c1ccc(C(=O)NCCN)cc1)c1nn[nH]n1. The van der Waals surface area contributed by atoms with Gasteiger partial charge in [-0.1, -0.05) is 44.0 Å². The molecule has 3 atom stereocenters. The molecule has 0 spiro atoms. The predicted molar refractivity (Wildman–Crippen MR) is 108 cm³/mol. The number of unbranched alkanes of at least 4 members (excludes halogenated alkanes) is 1. The minimum absolute atomic E-state index is 0.0585. The van der Waals surface area contributed by atoms with Gasteiger partial charge in [-0.05, 0) is 36.5 Å². The molecule has 29 heavy (non-hydrogen) atoms. The van der Waals surface area contributed by atoms with E-state index in [2.05, 4.69) is 25.9 Å². The van der Waals surface area contributed by atoms with Crippen molar-refractivity contribution < 1.29 is 14.7 Å². The van der Waals surface area contributed by atoms with Gasteiger partial charge in [0.1, 0.15) is 0 Å². The molecular formula is C20H30N6O3. The van der Waals surface area contributed by atoms with Crippen molar-refractivity contribution in [1.29, 1.82) is 0 Å². The number of aromatic nitrogens is 4. The third-order valence-electron chi connectivity index (χ3n) is 5.14. The molecule has 0 fully saturated rings. The number of hydrogen-bond donors (Lipinski definition) is 4. The van der Waals surface area contributed by atoms with E-state index >= 15 is 0 Å². The van der Waals surface area contributed by atoms with E-state index in [1.807, 2.05) is 26.0 Å². The fraction of sp³-hybridized carbons (Fsp3) is 0.550. The zero-order chi connectivity index (χ0) is 21.2. The highest BCUT2D eigenvalue weighted by Crippen LogP contribution is 2.36. The van der Waals surface area contributed by atoms with Crippen molar-refractivity contribution in [2.75, 3.05) is 13.1 Å². The molecule has 0 aliphatic rings. The smallest absolute Gasteiger partial charge is 0.307 e. The molecule has 9 nitrogen and oxygen atoms in total. The van der Waals surface area contributed by atoms with E-state index in [1.165, 1.54) is 0 Å². The van der Waals surface area contributed by atoms with Crippen LogP contribution < -0.4 is 11.1 Å². The number of carboxylic acids is 1. The average Bonchev–Trinajstić information content (AvgIpc) is 3.25. The molecule has 1 aromatic heterocycles. The Morgan fingerprint density at radius 2 is 2.00 bits per heavy atom. The first-order valence-corrected chi connectivity index (χ1v) is 10.0. The highest BCUT2D eigenvalue weighted by atomic mass is 16.4. The minimum Gasteiger partial charge on any atom is -0.481 e. The van der Waals surface area contributed by atoms with Gasteiger partial charge in [0, 0.05) is 24.6 Å². The number of nitrogens with zero attached hydrogens (tertiary/aromatic N) is 3. The first kappa shape index (κ1) is 22.5. The number of benzene rings is 1. The molecule has 1 amide bonds. The van der Waals surface area contributed by atoms with Crippen LogP contribution in [0.4, 0.5) is 0 Å². The fourth-order valence-electron chi connectivity index (χ4n) is 3.46. The number of amides is 1. The number of nitrogens with two attached hydrogens (primary N) is 1. The van der Waals surface area contributed by atoms with Crippen LogP contribution >= 0.6 is 0 Å². The van der Waals surface area contributed by atoms with Gasteiger partial charge in [-0.3, -0.25) is 9.59 Å². The van der Waals surface area contributed by atoms with Crippen molar-refractivity contribution in [3.8, 4) is 0 Å². The van der Waals surface area contributed by atoms with Gasteiger partial charge in [0.05, 0.1) is 5.92 Å². The molecule has 1 heterocycles. The lowest BCUT2D eigenvalue weighted by molar-refractivity contribution is -0.143. The molecule has 0 aliphatic heterocycles. The van der Waals surface area contributed by atoms with E-state index in [0.717, 1.165) is 18.4 Å². The molecule has 9 heteroatoms. The van der Waals surface area contributed by atoms with Gasteiger partial charge in [-0.2, -0.15) is 5.21 Å². The van der Waals surface area contributed by atoms with Crippen LogP contribution in [0, 0.1) is 5.92 Å². The number of aliphatic carboxylic acids is 1. The van der Waals surface area contributed by atoms with Gasteiger partial charge in [-0.15, -0.1) is 10.2 Å². The van der Waals surface area contributed by atoms with Crippen LogP contribution in [0.3, 0.4) is 0 Å². The summed E-state index contributed by atoms with van der Waals surface area (Å²) in [5, 5.41) is 26.7. The number of carbonyl (C=O) groups excluding carboxylic acids is 1. The summed E-state index contributed by atoms with van der Waals surface area (Å²) >= 11 is 0. The van der Waals surface area contributed by atoms with Crippen LogP contribution in [0.25, 0.3) is 0 Å². The standard InChI is InChI=1S/C20H30N6O3/c1-3-4-5-16(20(28)29)17(18-23-25-26-24-18)12-13(2)14-6-8-15(9-7-14)19(27)22-11-10-21/h6-9,13,16-17H,3-5,10-12,21H2,1-2H3,(H,22,27)(H,28,29)(H,23,24,25,26). The van der Waals surface area contributed by atoms with Gasteiger partial charge >= 0.3 is 5.97 Å². The summed E-state index contributed by atoms with van der Waals surface area (Å²) in [7, 11) is 0. The van der Waals surface area contributed by atoms with E-state index in [9.17, 15) is 14.7 Å². The molecule has 2 aromatic rings. The highest BCUT2D eigenvalue weighted by molar-refractivity contribution is 5.94. The Labute approximate surface area is 170 Å². The van der Waals surface area contributed by atoms with Crippen LogP contribution in [0.5, 0.6) is 0 Å². The van der Waals surface area contributed by atoms with Crippen LogP contribution in [-0.4, -0.2) is 50.7 Å². The van der Waals surface area contributed by atoms with E-state index in [0.29, 0.717) is 37.3 Å². The molecule has 3 unspecified atom stereocenters. The van der Waals surface area contributed by atoms with Crippen LogP contribution in [0.2, 0.25) is 0 Å². The van der Waals surface area contributed by atoms with Gasteiger partial charge in [-0.25, -0.2) is 0 Å². The first-order chi connectivity index (χ1) is 14.0. The maximum absolute atomic E-state index is 12.0. The van der Waals surface area contributed by atoms with Crippen molar-refractivity contribution in [2.24, 2.45) is 11.7 Å². The summed E-state index contributed by atoms with van der Waals surface area (Å²) < 4.78 is 0. The van der Waals surface area contributed by atoms with Crippen molar-refractivity contribution in [1.82, 2.24) is 25.9 Å². The quantitative estimate of drug-likeness (QED) is 0.425. The molecule has 0 radical (unpaired) electrons. The molecule has 5 N–H and O–H groups in total. The zero-order valence-electron chi connectivity index (χ0n) is 17.0. The number of carboxylic acid groups (broad SMARTS) is 1. The molecule has 158 valence electrons. The first-order valence-electron chi connectivity index (χ1n) is 10.0. The van der Waals surface area contributed by atoms with Gasteiger partial charge < -0.3 is 16.2 Å². The topological polar surface area (TPSA) is 147 Å². The van der Waals surface area contributed by atoms with Crippen LogP contribution in [-0.2, 0) is 4.79 Å². The van der Waals surface area contributed by atoms with E-state index in [1.54, 1.807) is 12.1 Å².